The zero-order valence-electron chi connectivity index (χ0n) is 11.2. The highest BCUT2D eigenvalue weighted by molar-refractivity contribution is 6.32. The molecule has 100 valence electrons. The van der Waals surface area contributed by atoms with Crippen molar-refractivity contribution in [3.8, 4) is 0 Å². The second-order valence-corrected chi connectivity index (χ2v) is 5.80. The standard InChI is InChI=1S/C13H20ClN3O/c1-4-13(5-6-13)8-15-10-7-16-17(9(2)3)12(18)11(10)14/h7,9,15H,4-6,8H2,1-3H3. The summed E-state index contributed by atoms with van der Waals surface area (Å²) in [6, 6.07) is 0.0227. The first-order valence-electron chi connectivity index (χ1n) is 6.50. The Balaban J connectivity index is 2.15. The van der Waals surface area contributed by atoms with E-state index in [9.17, 15) is 4.79 Å². The van der Waals surface area contributed by atoms with Gasteiger partial charge in [-0.3, -0.25) is 4.79 Å². The molecule has 0 bridgehead atoms. The van der Waals surface area contributed by atoms with Crippen LogP contribution in [0.1, 0.15) is 46.1 Å². The van der Waals surface area contributed by atoms with Crippen LogP contribution in [0, 0.1) is 5.41 Å². The average molecular weight is 270 g/mol. The zero-order valence-corrected chi connectivity index (χ0v) is 11.9. The van der Waals surface area contributed by atoms with Gasteiger partial charge in [0.05, 0.1) is 17.9 Å². The van der Waals surface area contributed by atoms with Crippen molar-refractivity contribution in [1.29, 1.82) is 0 Å². The molecule has 0 spiro atoms. The highest BCUT2D eigenvalue weighted by Crippen LogP contribution is 2.48. The minimum atomic E-state index is -0.224. The molecule has 1 fully saturated rings. The lowest BCUT2D eigenvalue weighted by Gasteiger charge is -2.16. The number of aromatic nitrogens is 2. The molecular formula is C13H20ClN3O. The van der Waals surface area contributed by atoms with Crippen LogP contribution >= 0.6 is 11.6 Å². The van der Waals surface area contributed by atoms with E-state index in [1.54, 1.807) is 6.20 Å². The number of hydrogen-bond acceptors (Lipinski definition) is 3. The number of rotatable bonds is 5. The smallest absolute Gasteiger partial charge is 0.287 e. The Morgan fingerprint density at radius 1 is 1.56 bits per heavy atom. The van der Waals surface area contributed by atoms with Crippen LogP contribution < -0.4 is 10.9 Å². The highest BCUT2D eigenvalue weighted by Gasteiger charge is 2.40. The van der Waals surface area contributed by atoms with Gasteiger partial charge < -0.3 is 5.32 Å². The van der Waals surface area contributed by atoms with Gasteiger partial charge >= 0.3 is 0 Å². The number of nitrogens with zero attached hydrogens (tertiary/aromatic N) is 2. The van der Waals surface area contributed by atoms with Gasteiger partial charge in [-0.15, -0.1) is 0 Å². The molecular weight excluding hydrogens is 250 g/mol. The molecule has 1 aromatic rings. The number of anilines is 1. The van der Waals surface area contributed by atoms with E-state index in [0.717, 1.165) is 13.0 Å². The molecule has 0 radical (unpaired) electrons. The quantitative estimate of drug-likeness (QED) is 0.894. The molecule has 18 heavy (non-hydrogen) atoms. The normalized spacial score (nSPS) is 16.9. The average Bonchev–Trinajstić information content (AvgIpc) is 3.11. The van der Waals surface area contributed by atoms with Crippen LogP contribution in [0.2, 0.25) is 5.02 Å². The number of halogens is 1. The summed E-state index contributed by atoms with van der Waals surface area (Å²) in [5, 5.41) is 7.65. The van der Waals surface area contributed by atoms with Gasteiger partial charge in [0.2, 0.25) is 0 Å². The van der Waals surface area contributed by atoms with Gasteiger partial charge in [-0.2, -0.15) is 5.10 Å². The lowest BCUT2D eigenvalue weighted by atomic mass is 10.0. The minimum absolute atomic E-state index is 0.0227. The molecule has 1 aliphatic rings. The fraction of sp³-hybridized carbons (Fsp3) is 0.692. The van der Waals surface area contributed by atoms with Crippen LogP contribution in [-0.4, -0.2) is 16.3 Å². The molecule has 1 N–H and O–H groups in total. The maximum atomic E-state index is 12.0. The summed E-state index contributed by atoms with van der Waals surface area (Å²) in [7, 11) is 0. The van der Waals surface area contributed by atoms with Crippen LogP contribution in [0.3, 0.4) is 0 Å². The molecule has 2 rings (SSSR count). The van der Waals surface area contributed by atoms with Gasteiger partial charge in [0, 0.05) is 6.54 Å². The molecule has 1 saturated carbocycles. The summed E-state index contributed by atoms with van der Waals surface area (Å²) in [6.45, 7) is 6.89. The monoisotopic (exact) mass is 269 g/mol. The Morgan fingerprint density at radius 3 is 2.72 bits per heavy atom. The molecule has 0 amide bonds. The van der Waals surface area contributed by atoms with Gasteiger partial charge in [0.25, 0.3) is 5.56 Å². The number of hydrogen-bond donors (Lipinski definition) is 1. The van der Waals surface area contributed by atoms with Gasteiger partial charge in [-0.25, -0.2) is 4.68 Å². The third kappa shape index (κ3) is 2.53. The summed E-state index contributed by atoms with van der Waals surface area (Å²) in [6.07, 6.45) is 5.32. The van der Waals surface area contributed by atoms with Gasteiger partial charge in [-0.05, 0) is 38.5 Å². The summed E-state index contributed by atoms with van der Waals surface area (Å²) in [5.74, 6) is 0. The first kappa shape index (κ1) is 13.4. The Bertz CT molecular complexity index is 491. The third-order valence-electron chi connectivity index (χ3n) is 3.79. The van der Waals surface area contributed by atoms with Gasteiger partial charge in [0.15, 0.2) is 0 Å². The van der Waals surface area contributed by atoms with E-state index in [-0.39, 0.29) is 16.6 Å². The molecule has 0 unspecified atom stereocenters. The molecule has 0 aliphatic heterocycles. The number of nitrogens with one attached hydrogen (secondary N) is 1. The van der Waals surface area contributed by atoms with Crippen LogP contribution in [0.25, 0.3) is 0 Å². The molecule has 1 aliphatic carbocycles. The summed E-state index contributed by atoms with van der Waals surface area (Å²) < 4.78 is 1.40. The lowest BCUT2D eigenvalue weighted by Crippen LogP contribution is -2.26. The summed E-state index contributed by atoms with van der Waals surface area (Å²) >= 11 is 6.10. The Kier molecular flexibility index (Phi) is 3.66. The fourth-order valence-corrected chi connectivity index (χ4v) is 2.25. The van der Waals surface area contributed by atoms with Crippen molar-refractivity contribution in [3.05, 3.63) is 21.6 Å². The summed E-state index contributed by atoms with van der Waals surface area (Å²) in [5.41, 5.74) is 0.840. The SMILES string of the molecule is CCC1(CNc2cnn(C(C)C)c(=O)c2Cl)CC1. The van der Waals surface area contributed by atoms with E-state index >= 15 is 0 Å². The summed E-state index contributed by atoms with van der Waals surface area (Å²) in [4.78, 5) is 12.0. The Labute approximate surface area is 112 Å². The van der Waals surface area contributed by atoms with E-state index in [1.807, 2.05) is 13.8 Å². The van der Waals surface area contributed by atoms with Crippen molar-refractivity contribution < 1.29 is 0 Å². The second kappa shape index (κ2) is 4.92. The van der Waals surface area contributed by atoms with Crippen molar-refractivity contribution in [1.82, 2.24) is 9.78 Å². The van der Waals surface area contributed by atoms with E-state index in [1.165, 1.54) is 17.5 Å². The maximum Gasteiger partial charge on any atom is 0.287 e. The van der Waals surface area contributed by atoms with Crippen molar-refractivity contribution in [2.24, 2.45) is 5.41 Å². The molecule has 5 heteroatoms. The predicted octanol–water partition coefficient (Wildman–Crippen LogP) is 3.08. The highest BCUT2D eigenvalue weighted by atomic mass is 35.5. The lowest BCUT2D eigenvalue weighted by molar-refractivity contribution is 0.501. The van der Waals surface area contributed by atoms with Gasteiger partial charge in [0.1, 0.15) is 5.02 Å². The Morgan fingerprint density at radius 2 is 2.22 bits per heavy atom. The maximum absolute atomic E-state index is 12.0. The van der Waals surface area contributed by atoms with E-state index in [2.05, 4.69) is 17.3 Å². The molecule has 0 aromatic carbocycles. The van der Waals surface area contributed by atoms with Crippen LogP contribution in [-0.2, 0) is 0 Å². The van der Waals surface area contributed by atoms with Crippen molar-refractivity contribution in [2.45, 2.75) is 46.1 Å². The molecule has 0 saturated heterocycles. The molecule has 1 aromatic heterocycles. The van der Waals surface area contributed by atoms with E-state index in [4.69, 9.17) is 11.6 Å². The van der Waals surface area contributed by atoms with E-state index < -0.39 is 0 Å². The fourth-order valence-electron chi connectivity index (χ4n) is 2.05. The van der Waals surface area contributed by atoms with Crippen LogP contribution in [0.4, 0.5) is 5.69 Å². The zero-order chi connectivity index (χ0) is 13.3. The second-order valence-electron chi connectivity index (χ2n) is 5.42. The molecule has 0 atom stereocenters. The van der Waals surface area contributed by atoms with E-state index in [0.29, 0.717) is 11.1 Å². The topological polar surface area (TPSA) is 46.9 Å². The molecule has 1 heterocycles. The van der Waals surface area contributed by atoms with Gasteiger partial charge in [-0.1, -0.05) is 18.5 Å². The molecule has 4 nitrogen and oxygen atoms in total. The van der Waals surface area contributed by atoms with Crippen molar-refractivity contribution in [3.63, 3.8) is 0 Å². The first-order chi connectivity index (χ1) is 8.49. The minimum Gasteiger partial charge on any atom is -0.382 e. The van der Waals surface area contributed by atoms with Crippen LogP contribution in [0.5, 0.6) is 0 Å². The predicted molar refractivity (Wildman–Crippen MR) is 74.3 cm³/mol. The van der Waals surface area contributed by atoms with Crippen LogP contribution in [0.15, 0.2) is 11.0 Å². The first-order valence-corrected chi connectivity index (χ1v) is 6.88. The van der Waals surface area contributed by atoms with Crippen molar-refractivity contribution in [2.75, 3.05) is 11.9 Å². The third-order valence-corrected chi connectivity index (χ3v) is 4.16. The van der Waals surface area contributed by atoms with Crippen molar-refractivity contribution >= 4 is 17.3 Å². The Hall–Kier alpha value is -1.03. The largest absolute Gasteiger partial charge is 0.382 e.